The number of hydrogen-bond donors (Lipinski definition) is 0. The van der Waals surface area contributed by atoms with Crippen LogP contribution in [0.15, 0.2) is 182 Å². The van der Waals surface area contributed by atoms with E-state index in [1.165, 1.54) is 48.1 Å². The summed E-state index contributed by atoms with van der Waals surface area (Å²) in [6, 6.07) is 56.1. The van der Waals surface area contributed by atoms with Crippen LogP contribution in [0.25, 0.3) is 38.7 Å². The summed E-state index contributed by atoms with van der Waals surface area (Å²) < 4.78 is 4.91. The Bertz CT molecular complexity index is 2320. The summed E-state index contributed by atoms with van der Waals surface area (Å²) in [4.78, 5) is 5.00. The van der Waals surface area contributed by atoms with Crippen molar-refractivity contribution in [3.8, 4) is 5.69 Å². The van der Waals surface area contributed by atoms with E-state index in [0.29, 0.717) is 0 Å². The summed E-state index contributed by atoms with van der Waals surface area (Å²) in [7, 11) is -2.63. The van der Waals surface area contributed by atoms with Crippen molar-refractivity contribution in [3.63, 3.8) is 0 Å². The SMILES string of the molecule is C1=CCC(n2c3ccccc3c3c4cccnc4n(-c4ccc([Si](c5ccccc5)(c5ccccc5)c5ccccc5)cc4)c32)C=C1. The molecule has 224 valence electrons. The lowest BCUT2D eigenvalue weighted by Gasteiger charge is -2.34. The van der Waals surface area contributed by atoms with Gasteiger partial charge in [-0.3, -0.25) is 4.57 Å². The lowest BCUT2D eigenvalue weighted by atomic mass is 10.1. The number of para-hydroxylation sites is 1. The van der Waals surface area contributed by atoms with Gasteiger partial charge in [0.25, 0.3) is 0 Å². The molecule has 8 aromatic rings. The van der Waals surface area contributed by atoms with E-state index >= 15 is 0 Å². The minimum Gasteiger partial charge on any atom is -0.319 e. The largest absolute Gasteiger partial charge is 0.319 e. The molecule has 3 aromatic heterocycles. The molecule has 0 fully saturated rings. The van der Waals surface area contributed by atoms with Crippen molar-refractivity contribution >= 4 is 61.8 Å². The predicted molar refractivity (Wildman–Crippen MR) is 200 cm³/mol. The van der Waals surface area contributed by atoms with Gasteiger partial charge in [0, 0.05) is 28.0 Å². The topological polar surface area (TPSA) is 22.8 Å². The van der Waals surface area contributed by atoms with E-state index in [1.807, 2.05) is 6.20 Å². The normalized spacial score (nSPS) is 14.8. The van der Waals surface area contributed by atoms with E-state index in [0.717, 1.165) is 17.8 Å². The second-order valence-electron chi connectivity index (χ2n) is 12.3. The molecule has 1 unspecified atom stereocenters. The number of fused-ring (bicyclic) bond motifs is 5. The average molecular weight is 620 g/mol. The van der Waals surface area contributed by atoms with Gasteiger partial charge in [-0.05, 0) is 57.5 Å². The number of aromatic nitrogens is 3. The van der Waals surface area contributed by atoms with Crippen LogP contribution in [0, 0.1) is 0 Å². The minimum atomic E-state index is -2.63. The van der Waals surface area contributed by atoms with Crippen LogP contribution in [0.5, 0.6) is 0 Å². The molecule has 1 atom stereocenters. The Hall–Kier alpha value is -5.71. The molecular formula is C43H33N3Si. The first-order valence-corrected chi connectivity index (χ1v) is 18.3. The van der Waals surface area contributed by atoms with Crippen LogP contribution in [0.2, 0.25) is 0 Å². The fourth-order valence-corrected chi connectivity index (χ4v) is 12.6. The Balaban J connectivity index is 1.33. The predicted octanol–water partition coefficient (Wildman–Crippen LogP) is 7.57. The Kier molecular flexibility index (Phi) is 6.61. The minimum absolute atomic E-state index is 0.221. The fraction of sp³-hybridized carbons (Fsp3) is 0.0465. The number of rotatable bonds is 6. The number of nitrogens with zero attached hydrogens (tertiary/aromatic N) is 3. The fourth-order valence-electron chi connectivity index (χ4n) is 7.87. The van der Waals surface area contributed by atoms with Gasteiger partial charge in [-0.25, -0.2) is 4.98 Å². The molecular weight excluding hydrogens is 587 g/mol. The van der Waals surface area contributed by atoms with Gasteiger partial charge < -0.3 is 4.57 Å². The second-order valence-corrected chi connectivity index (χ2v) is 16.1. The Morgan fingerprint density at radius 3 is 1.74 bits per heavy atom. The molecule has 5 aromatic carbocycles. The third kappa shape index (κ3) is 4.22. The highest BCUT2D eigenvalue weighted by molar-refractivity contribution is 7.19. The van der Waals surface area contributed by atoms with Crippen LogP contribution in [0.3, 0.4) is 0 Å². The first-order chi connectivity index (χ1) is 23.4. The average Bonchev–Trinajstić information content (AvgIpc) is 3.67. The van der Waals surface area contributed by atoms with E-state index < -0.39 is 8.07 Å². The maximum Gasteiger partial charge on any atom is 0.179 e. The van der Waals surface area contributed by atoms with Gasteiger partial charge in [-0.2, -0.15) is 0 Å². The van der Waals surface area contributed by atoms with E-state index in [2.05, 4.69) is 185 Å². The van der Waals surface area contributed by atoms with Gasteiger partial charge in [-0.15, -0.1) is 0 Å². The summed E-state index contributed by atoms with van der Waals surface area (Å²) in [5.41, 5.74) is 4.54. The van der Waals surface area contributed by atoms with Gasteiger partial charge in [0.05, 0.1) is 11.6 Å². The zero-order chi connectivity index (χ0) is 31.2. The highest BCUT2D eigenvalue weighted by Crippen LogP contribution is 2.41. The lowest BCUT2D eigenvalue weighted by molar-refractivity contribution is 0.640. The van der Waals surface area contributed by atoms with E-state index in [9.17, 15) is 0 Å². The molecule has 1 aliphatic carbocycles. The monoisotopic (exact) mass is 619 g/mol. The lowest BCUT2D eigenvalue weighted by Crippen LogP contribution is -2.74. The molecule has 4 heteroatoms. The summed E-state index contributed by atoms with van der Waals surface area (Å²) in [6.45, 7) is 0. The van der Waals surface area contributed by atoms with E-state index in [1.54, 1.807) is 0 Å². The number of hydrogen-bond acceptors (Lipinski definition) is 1. The van der Waals surface area contributed by atoms with Crippen molar-refractivity contribution in [2.75, 3.05) is 0 Å². The van der Waals surface area contributed by atoms with Crippen LogP contribution in [0.1, 0.15) is 12.5 Å². The number of benzene rings is 5. The molecule has 1 aliphatic rings. The van der Waals surface area contributed by atoms with E-state index in [-0.39, 0.29) is 6.04 Å². The van der Waals surface area contributed by atoms with Crippen molar-refractivity contribution in [2.45, 2.75) is 12.5 Å². The molecule has 0 N–H and O–H groups in total. The Morgan fingerprint density at radius 2 is 1.13 bits per heavy atom. The van der Waals surface area contributed by atoms with Crippen molar-refractivity contribution in [2.24, 2.45) is 0 Å². The first kappa shape index (κ1) is 27.6. The van der Waals surface area contributed by atoms with Gasteiger partial charge in [0.15, 0.2) is 8.07 Å². The van der Waals surface area contributed by atoms with E-state index in [4.69, 9.17) is 4.98 Å². The molecule has 0 spiro atoms. The number of pyridine rings is 1. The molecule has 0 bridgehead atoms. The van der Waals surface area contributed by atoms with Crippen LogP contribution < -0.4 is 20.7 Å². The van der Waals surface area contributed by atoms with Gasteiger partial charge in [0.2, 0.25) is 0 Å². The molecule has 0 saturated carbocycles. The molecule has 0 saturated heterocycles. The van der Waals surface area contributed by atoms with Crippen molar-refractivity contribution in [1.82, 2.24) is 14.1 Å². The van der Waals surface area contributed by atoms with Crippen LogP contribution in [-0.4, -0.2) is 22.2 Å². The summed E-state index contributed by atoms with van der Waals surface area (Å²) >= 11 is 0. The van der Waals surface area contributed by atoms with Gasteiger partial charge >= 0.3 is 0 Å². The third-order valence-electron chi connectivity index (χ3n) is 9.83. The summed E-state index contributed by atoms with van der Waals surface area (Å²) in [6.07, 6.45) is 11.8. The Labute approximate surface area is 275 Å². The van der Waals surface area contributed by atoms with Gasteiger partial charge in [-0.1, -0.05) is 146 Å². The smallest absolute Gasteiger partial charge is 0.179 e. The highest BCUT2D eigenvalue weighted by atomic mass is 28.3. The standard InChI is InChI=1S/C43H33N3Si/c1-5-16-32(17-6-1)45-40-26-14-13-24-38(40)41-39-25-15-31-44-42(39)46(43(41)45)33-27-29-37(30-28-33)47(34-18-7-2-8-19-34,35-20-9-3-10-21-35)36-22-11-4-12-23-36/h1-16,18-32H,17H2. The molecule has 0 radical (unpaired) electrons. The van der Waals surface area contributed by atoms with Gasteiger partial charge in [0.1, 0.15) is 11.3 Å². The maximum atomic E-state index is 5.00. The van der Waals surface area contributed by atoms with Crippen LogP contribution >= 0.6 is 0 Å². The van der Waals surface area contributed by atoms with Crippen molar-refractivity contribution in [3.05, 3.63) is 182 Å². The third-order valence-corrected chi connectivity index (χ3v) is 14.6. The van der Waals surface area contributed by atoms with Crippen LogP contribution in [-0.2, 0) is 0 Å². The number of allylic oxidation sites excluding steroid dienone is 4. The summed E-state index contributed by atoms with van der Waals surface area (Å²) in [5.74, 6) is 0. The first-order valence-electron chi connectivity index (χ1n) is 16.3. The molecule has 0 amide bonds. The Morgan fingerprint density at radius 1 is 0.553 bits per heavy atom. The molecule has 3 nitrogen and oxygen atoms in total. The molecule has 3 heterocycles. The molecule has 47 heavy (non-hydrogen) atoms. The second kappa shape index (κ2) is 11.3. The quantitative estimate of drug-likeness (QED) is 0.139. The van der Waals surface area contributed by atoms with Crippen molar-refractivity contribution < 1.29 is 0 Å². The molecule has 9 rings (SSSR count). The van der Waals surface area contributed by atoms with Crippen LogP contribution in [0.4, 0.5) is 0 Å². The molecule has 0 aliphatic heterocycles. The zero-order valence-electron chi connectivity index (χ0n) is 25.9. The highest BCUT2D eigenvalue weighted by Gasteiger charge is 2.41. The maximum absolute atomic E-state index is 5.00. The zero-order valence-corrected chi connectivity index (χ0v) is 26.9. The van der Waals surface area contributed by atoms with Crippen molar-refractivity contribution in [1.29, 1.82) is 0 Å². The summed E-state index contributed by atoms with van der Waals surface area (Å²) in [5, 5.41) is 9.18.